The SMILES string of the molecule is CC1(C)CC2CC(C)(C1)C[N+]2(C)C.OC[C@H]1O[C@@H]2O[C@H]3[C@H](O)[C@@H](O)[C@@H](O[C@H]4[C@H](O)[C@@H](O)[C@@H](O[C@H]5[C@H](O)[C@@H](O)[C@@H](O[C@H]6[C@@H](O)[C@H](O)[C@@H](O[C@H]7[C@@H](O)[C@H](O)[C@@H](O[C@H]8[C@@H](O)[C@H](O)[C@@H](O[C@H]1[C@H](O)[C@H]2O)O[C@@H]8CO)O[C@@H]7CO)O[C@@H]6CO)O[C@@H]5CO)O[C@@H]4CO)O[C@@H]3CO.[I-]. The summed E-state index contributed by atoms with van der Waals surface area (Å²) >= 11 is 0. The third-order valence-corrected chi connectivity index (χ3v) is 19.0. The highest BCUT2D eigenvalue weighted by molar-refractivity contribution is 5.02. The number of hydrogen-bond acceptors (Lipinski definition) is 35. The molecule has 23 aliphatic rings. The summed E-state index contributed by atoms with van der Waals surface area (Å²) < 4.78 is 80.7. The van der Waals surface area contributed by atoms with E-state index in [1.54, 1.807) is 0 Å². The third kappa shape index (κ3) is 15.5. The number of likely N-dealkylation sites (tertiary alicyclic amines) is 1. The van der Waals surface area contributed by atoms with Gasteiger partial charge < -0.3 is 202 Å². The van der Waals surface area contributed by atoms with E-state index in [1.165, 1.54) is 30.3 Å². The van der Waals surface area contributed by atoms with Crippen LogP contribution in [0.25, 0.3) is 0 Å². The van der Waals surface area contributed by atoms with Crippen molar-refractivity contribution in [2.45, 2.75) is 261 Å². The predicted octanol–water partition coefficient (Wildman–Crippen LogP) is -15.6. The molecule has 36 nitrogen and oxygen atoms in total. The molecule has 2 unspecified atom stereocenters. The van der Waals surface area contributed by atoms with E-state index in [4.69, 9.17) is 66.3 Å². The van der Waals surface area contributed by atoms with E-state index in [0.717, 1.165) is 6.04 Å². The molecule has 91 heavy (non-hydrogen) atoms. The summed E-state index contributed by atoms with van der Waals surface area (Å²) in [5.74, 6) is 0. The van der Waals surface area contributed by atoms with E-state index in [1.807, 2.05) is 0 Å². The highest BCUT2D eigenvalue weighted by atomic mass is 127. The van der Waals surface area contributed by atoms with Crippen LogP contribution in [0.5, 0.6) is 0 Å². The van der Waals surface area contributed by atoms with Crippen molar-refractivity contribution in [3.8, 4) is 0 Å². The fourth-order valence-corrected chi connectivity index (χ4v) is 14.7. The lowest BCUT2D eigenvalue weighted by Gasteiger charge is -2.50. The number of halogens is 1. The van der Waals surface area contributed by atoms with Crippen molar-refractivity contribution in [1.29, 1.82) is 0 Å². The Balaban J connectivity index is 0.000000673. The van der Waals surface area contributed by atoms with Gasteiger partial charge in [-0.3, -0.25) is 0 Å². The van der Waals surface area contributed by atoms with Crippen molar-refractivity contribution in [2.24, 2.45) is 10.8 Å². The molecule has 22 aliphatic heterocycles. The summed E-state index contributed by atoms with van der Waals surface area (Å²) in [6.45, 7) is 1.45. The summed E-state index contributed by atoms with van der Waals surface area (Å²) in [6, 6.07) is 0.925. The molecule has 0 aromatic carbocycles. The normalized spacial score (nSPS) is 53.5. The van der Waals surface area contributed by atoms with Gasteiger partial charge in [0.25, 0.3) is 0 Å². The summed E-state index contributed by atoms with van der Waals surface area (Å²) in [6.07, 6.45) is -65.9. The van der Waals surface area contributed by atoms with Crippen LogP contribution in [0.2, 0.25) is 0 Å². The quantitative estimate of drug-likeness (QED) is 0.0831. The van der Waals surface area contributed by atoms with Crippen LogP contribution < -0.4 is 24.0 Å². The average Bonchev–Trinajstić information content (AvgIpc) is 1.81. The second-order valence-corrected chi connectivity index (χ2v) is 26.8. The van der Waals surface area contributed by atoms with Crippen molar-refractivity contribution in [3.63, 3.8) is 0 Å². The second kappa shape index (κ2) is 30.8. The number of fused-ring (bicyclic) bond motifs is 2. The Hall–Kier alpha value is -0.710. The van der Waals surface area contributed by atoms with Gasteiger partial charge in [0.05, 0.1) is 72.9 Å². The van der Waals surface area contributed by atoms with E-state index in [9.17, 15) is 107 Å². The van der Waals surface area contributed by atoms with E-state index in [0.29, 0.717) is 10.8 Å². The Morgan fingerprint density at radius 3 is 0.615 bits per heavy atom. The topological polar surface area (TPSA) is 554 Å². The fourth-order valence-electron chi connectivity index (χ4n) is 14.7. The Kier molecular flexibility index (Phi) is 25.8. The Bertz CT molecular complexity index is 1910. The number of hydrogen-bond donors (Lipinski definition) is 21. The van der Waals surface area contributed by atoms with Gasteiger partial charge in [0, 0.05) is 18.3 Å². The minimum atomic E-state index is -2.21. The molecule has 22 heterocycles. The number of quaternary nitrogens is 1. The molecule has 0 spiro atoms. The zero-order valence-corrected chi connectivity index (χ0v) is 52.7. The second-order valence-electron chi connectivity index (χ2n) is 26.8. The van der Waals surface area contributed by atoms with Crippen LogP contribution in [-0.2, 0) is 66.3 Å². The van der Waals surface area contributed by atoms with E-state index < -0.39 is 261 Å². The van der Waals surface area contributed by atoms with Gasteiger partial charge >= 0.3 is 0 Å². The molecule has 37 heteroatoms. The molecular formula is C54H94INO35. The minimum absolute atomic E-state index is 0. The first-order valence-electron chi connectivity index (χ1n) is 30.2. The van der Waals surface area contributed by atoms with Crippen LogP contribution in [-0.4, -0.2) is 400 Å². The number of aliphatic hydroxyl groups excluding tert-OH is 21. The van der Waals surface area contributed by atoms with Crippen molar-refractivity contribution in [2.75, 3.05) is 66.9 Å². The molecular weight excluding hydrogens is 1350 g/mol. The zero-order chi connectivity index (χ0) is 66.0. The van der Waals surface area contributed by atoms with Gasteiger partial charge in [-0.25, -0.2) is 0 Å². The summed E-state index contributed by atoms with van der Waals surface area (Å²) in [4.78, 5) is 0. The van der Waals surface area contributed by atoms with Crippen molar-refractivity contribution in [3.05, 3.63) is 0 Å². The lowest BCUT2D eigenvalue weighted by molar-refractivity contribution is -0.904. The maximum Gasteiger partial charge on any atom is 0.187 e. The van der Waals surface area contributed by atoms with Gasteiger partial charge in [-0.15, -0.1) is 0 Å². The molecule has 532 valence electrons. The average molecular weight is 1440 g/mol. The van der Waals surface area contributed by atoms with Crippen LogP contribution >= 0.6 is 0 Å². The zero-order valence-electron chi connectivity index (χ0n) is 50.5. The molecule has 37 atom stereocenters. The number of ether oxygens (including phenoxy) is 14. The third-order valence-electron chi connectivity index (χ3n) is 19.0. The Morgan fingerprint density at radius 2 is 0.462 bits per heavy atom. The first-order valence-corrected chi connectivity index (χ1v) is 30.2. The number of aliphatic hydroxyl groups is 21. The van der Waals surface area contributed by atoms with Gasteiger partial charge in [0.15, 0.2) is 44.0 Å². The minimum Gasteiger partial charge on any atom is -1.00 e. The first kappa shape index (κ1) is 76.1. The molecule has 21 N–H and O–H groups in total. The van der Waals surface area contributed by atoms with Gasteiger partial charge in [0.2, 0.25) is 0 Å². The molecule has 1 saturated carbocycles. The van der Waals surface area contributed by atoms with Gasteiger partial charge in [-0.05, 0) is 11.8 Å². The van der Waals surface area contributed by atoms with Crippen molar-refractivity contribution < 1.29 is 202 Å². The van der Waals surface area contributed by atoms with Crippen LogP contribution in [0.1, 0.15) is 40.0 Å². The number of rotatable bonds is 7. The van der Waals surface area contributed by atoms with Crippen LogP contribution in [0.4, 0.5) is 0 Å². The van der Waals surface area contributed by atoms with E-state index in [-0.39, 0.29) is 24.0 Å². The largest absolute Gasteiger partial charge is 1.00 e. The molecule has 22 saturated heterocycles. The van der Waals surface area contributed by atoms with E-state index >= 15 is 0 Å². The summed E-state index contributed by atoms with van der Waals surface area (Å²) in [7, 11) is 4.83. The van der Waals surface area contributed by atoms with Crippen molar-refractivity contribution in [1.82, 2.24) is 0 Å². The Morgan fingerprint density at radius 1 is 0.286 bits per heavy atom. The standard InChI is InChI=1S/C42H70O35.C12H24N.HI/c43-1-8-29-15(50)22(57)36(64-8)72-30-9(2-44)66-38(24(59)17(30)52)74-32-11(4-46)68-40(26(61)19(32)54)76-34-13(6-48)70-42(28(63)21(34)56)77-35-14(7-49)69-41(27(62)20(35)55)75-33-12(5-47)67-39(25(60)18(33)53)73-31-10(3-45)65-37(71-29)23(58)16(31)51;1-11(2)6-10-7-12(3,8-11)9-13(10,4)5;/h8-63H,1-7H2;10H,6-9H2,1-5H3;1H/q;+1;/p-1/t8-,9-,10-,11-,12-,13-,14-,15-,16-,17-,18-,19+,20+,21+,22-,23-,24-,25-,26+,27+,28+,29-,30-,31-,32-,33-,34-,35-,36-,37-,38-,39-,40-,41-,42-;;/m1../s1. The highest BCUT2D eigenvalue weighted by Gasteiger charge is 2.61. The molecule has 0 amide bonds. The maximum absolute atomic E-state index is 11.3. The van der Waals surface area contributed by atoms with Gasteiger partial charge in [-0.2, -0.15) is 0 Å². The smallest absolute Gasteiger partial charge is 0.187 e. The molecule has 1 aliphatic carbocycles. The van der Waals surface area contributed by atoms with Crippen molar-refractivity contribution >= 4 is 0 Å². The molecule has 23 fully saturated rings. The Labute approximate surface area is 538 Å². The fraction of sp³-hybridized carbons (Fsp3) is 1.00. The van der Waals surface area contributed by atoms with Crippen LogP contribution in [0.15, 0.2) is 0 Å². The predicted molar refractivity (Wildman–Crippen MR) is 285 cm³/mol. The van der Waals surface area contributed by atoms with Crippen LogP contribution in [0, 0.1) is 10.8 Å². The monoisotopic (exact) mass is 1440 g/mol. The van der Waals surface area contributed by atoms with E-state index in [2.05, 4.69) is 34.9 Å². The van der Waals surface area contributed by atoms with Gasteiger partial charge in [0.1, 0.15) is 171 Å². The maximum atomic E-state index is 11.3. The summed E-state index contributed by atoms with van der Waals surface area (Å²) in [5.41, 5.74) is 1.22. The number of nitrogens with zero attached hydrogens (tertiary/aromatic N) is 1. The van der Waals surface area contributed by atoms with Crippen LogP contribution in [0.3, 0.4) is 0 Å². The van der Waals surface area contributed by atoms with Gasteiger partial charge in [-0.1, -0.05) is 20.8 Å². The lowest BCUT2D eigenvalue weighted by atomic mass is 9.65. The lowest BCUT2D eigenvalue weighted by Crippen LogP contribution is -3.00. The molecule has 0 radical (unpaired) electrons. The summed E-state index contributed by atoms with van der Waals surface area (Å²) in [5, 5.41) is 230. The molecule has 16 bridgehead atoms. The first-order chi connectivity index (χ1) is 42.4. The molecule has 23 rings (SSSR count). The highest BCUT2D eigenvalue weighted by Crippen LogP contribution is 2.54. The molecule has 0 aromatic heterocycles. The molecule has 0 aromatic rings.